The van der Waals surface area contributed by atoms with E-state index in [2.05, 4.69) is 5.32 Å². The molecule has 116 valence electrons. The lowest BCUT2D eigenvalue weighted by Crippen LogP contribution is -2.42. The number of hydrogen-bond acceptors (Lipinski definition) is 2. The van der Waals surface area contributed by atoms with Crippen molar-refractivity contribution in [1.29, 1.82) is 0 Å². The number of amides is 1. The van der Waals surface area contributed by atoms with Gasteiger partial charge in [0.25, 0.3) is 5.91 Å². The number of halogens is 2. The summed E-state index contributed by atoms with van der Waals surface area (Å²) in [5.41, 5.74) is -1.22. The van der Waals surface area contributed by atoms with Crippen LogP contribution in [0.25, 0.3) is 0 Å². The lowest BCUT2D eigenvalue weighted by atomic mass is 9.82. The fourth-order valence-corrected chi connectivity index (χ4v) is 2.05. The normalized spacial score (nSPS) is 11.3. The summed E-state index contributed by atoms with van der Waals surface area (Å²) in [7, 11) is 0. The minimum atomic E-state index is -1.08. The average molecular weight is 299 g/mol. The molecule has 1 rings (SSSR count). The van der Waals surface area contributed by atoms with Gasteiger partial charge in [-0.25, -0.2) is 8.78 Å². The molecule has 0 saturated carbocycles. The van der Waals surface area contributed by atoms with E-state index in [0.717, 1.165) is 6.07 Å². The molecule has 1 aromatic rings. The fourth-order valence-electron chi connectivity index (χ4n) is 2.05. The van der Waals surface area contributed by atoms with E-state index in [1.165, 1.54) is 6.92 Å². The lowest BCUT2D eigenvalue weighted by molar-refractivity contribution is -0.149. The smallest absolute Gasteiger partial charge is 0.311 e. The molecule has 21 heavy (non-hydrogen) atoms. The van der Waals surface area contributed by atoms with Crippen LogP contribution in [0.1, 0.15) is 42.6 Å². The van der Waals surface area contributed by atoms with Crippen LogP contribution in [0.5, 0.6) is 0 Å². The van der Waals surface area contributed by atoms with Crippen molar-refractivity contribution >= 4 is 11.9 Å². The Morgan fingerprint density at radius 1 is 1.19 bits per heavy atom. The summed E-state index contributed by atoms with van der Waals surface area (Å²) in [6, 6.07) is 1.76. The number of nitrogens with one attached hydrogen (secondary N) is 1. The maximum atomic E-state index is 13.6. The second-order valence-electron chi connectivity index (χ2n) is 5.06. The fraction of sp³-hybridized carbons (Fsp3) is 0.467. The molecule has 0 aliphatic rings. The van der Waals surface area contributed by atoms with Gasteiger partial charge in [-0.05, 0) is 31.4 Å². The summed E-state index contributed by atoms with van der Waals surface area (Å²) < 4.78 is 26.8. The summed E-state index contributed by atoms with van der Waals surface area (Å²) in [5, 5.41) is 11.7. The SMILES string of the molecule is CCC(CC)(CNC(=O)c1cc(C)c(F)cc1F)C(=O)O. The van der Waals surface area contributed by atoms with Crippen molar-refractivity contribution in [2.24, 2.45) is 5.41 Å². The average Bonchev–Trinajstić information content (AvgIpc) is 2.44. The molecule has 1 amide bonds. The number of carbonyl (C=O) groups excluding carboxylic acids is 1. The number of hydrogen-bond donors (Lipinski definition) is 2. The first-order valence-corrected chi connectivity index (χ1v) is 6.74. The van der Waals surface area contributed by atoms with Crippen LogP contribution in [0.3, 0.4) is 0 Å². The summed E-state index contributed by atoms with van der Waals surface area (Å²) in [5.74, 6) is -3.46. The van der Waals surface area contributed by atoms with E-state index in [1.807, 2.05) is 0 Å². The van der Waals surface area contributed by atoms with Crippen LogP contribution in [0.15, 0.2) is 12.1 Å². The van der Waals surface area contributed by atoms with Gasteiger partial charge in [-0.1, -0.05) is 13.8 Å². The summed E-state index contributed by atoms with van der Waals surface area (Å²) in [4.78, 5) is 23.3. The van der Waals surface area contributed by atoms with Gasteiger partial charge in [-0.3, -0.25) is 9.59 Å². The highest BCUT2D eigenvalue weighted by Crippen LogP contribution is 2.26. The molecule has 0 fully saturated rings. The highest BCUT2D eigenvalue weighted by atomic mass is 19.1. The Balaban J connectivity index is 2.92. The van der Waals surface area contributed by atoms with Crippen molar-refractivity contribution in [3.8, 4) is 0 Å². The van der Waals surface area contributed by atoms with Crippen LogP contribution in [0.2, 0.25) is 0 Å². The number of carboxylic acids is 1. The minimum absolute atomic E-state index is 0.107. The molecule has 0 aliphatic heterocycles. The van der Waals surface area contributed by atoms with Gasteiger partial charge in [0.2, 0.25) is 0 Å². The molecule has 0 atom stereocenters. The number of carbonyl (C=O) groups is 2. The van der Waals surface area contributed by atoms with Crippen LogP contribution in [-0.4, -0.2) is 23.5 Å². The van der Waals surface area contributed by atoms with E-state index < -0.39 is 28.9 Å². The molecule has 2 N–H and O–H groups in total. The van der Waals surface area contributed by atoms with Crippen LogP contribution >= 0.6 is 0 Å². The number of benzene rings is 1. The Bertz CT molecular complexity index is 554. The Hall–Kier alpha value is -1.98. The van der Waals surface area contributed by atoms with E-state index in [4.69, 9.17) is 0 Å². The predicted octanol–water partition coefficient (Wildman–Crippen LogP) is 2.89. The Labute approximate surface area is 122 Å². The maximum absolute atomic E-state index is 13.6. The molecule has 0 saturated heterocycles. The van der Waals surface area contributed by atoms with E-state index in [-0.39, 0.29) is 17.7 Å². The highest BCUT2D eigenvalue weighted by Gasteiger charge is 2.35. The van der Waals surface area contributed by atoms with Crippen molar-refractivity contribution in [3.05, 3.63) is 34.9 Å². The molecule has 0 radical (unpaired) electrons. The molecule has 0 aliphatic carbocycles. The third-order valence-electron chi connectivity index (χ3n) is 3.89. The van der Waals surface area contributed by atoms with Gasteiger partial charge < -0.3 is 10.4 Å². The highest BCUT2D eigenvalue weighted by molar-refractivity contribution is 5.95. The quantitative estimate of drug-likeness (QED) is 0.848. The van der Waals surface area contributed by atoms with Gasteiger partial charge >= 0.3 is 5.97 Å². The first kappa shape index (κ1) is 17.1. The zero-order valence-corrected chi connectivity index (χ0v) is 12.3. The zero-order chi connectivity index (χ0) is 16.2. The van der Waals surface area contributed by atoms with E-state index in [9.17, 15) is 23.5 Å². The Morgan fingerprint density at radius 3 is 2.24 bits per heavy atom. The maximum Gasteiger partial charge on any atom is 0.311 e. The number of aliphatic carboxylic acids is 1. The monoisotopic (exact) mass is 299 g/mol. The topological polar surface area (TPSA) is 66.4 Å². The molecule has 0 bridgehead atoms. The number of aryl methyl sites for hydroxylation is 1. The second-order valence-corrected chi connectivity index (χ2v) is 5.06. The molecule has 6 heteroatoms. The van der Waals surface area contributed by atoms with Crippen LogP contribution in [0.4, 0.5) is 8.78 Å². The van der Waals surface area contributed by atoms with E-state index >= 15 is 0 Å². The summed E-state index contributed by atoms with van der Waals surface area (Å²) in [6.07, 6.45) is 0.675. The van der Waals surface area contributed by atoms with Gasteiger partial charge in [-0.15, -0.1) is 0 Å². The van der Waals surface area contributed by atoms with Gasteiger partial charge in [0.1, 0.15) is 11.6 Å². The summed E-state index contributed by atoms with van der Waals surface area (Å²) >= 11 is 0. The standard InChI is InChI=1S/C15H19F2NO3/c1-4-15(5-2,14(20)21)8-18-13(19)10-6-9(3)11(16)7-12(10)17/h6-7H,4-5,8H2,1-3H3,(H,18,19)(H,20,21). The van der Waals surface area contributed by atoms with Crippen LogP contribution in [0, 0.1) is 24.0 Å². The second kappa shape index (κ2) is 6.65. The third-order valence-corrected chi connectivity index (χ3v) is 3.89. The van der Waals surface area contributed by atoms with E-state index in [0.29, 0.717) is 18.9 Å². The number of rotatable bonds is 6. The molecule has 1 aromatic carbocycles. The molecule has 0 unspecified atom stereocenters. The van der Waals surface area contributed by atoms with Crippen molar-refractivity contribution in [3.63, 3.8) is 0 Å². The van der Waals surface area contributed by atoms with Gasteiger partial charge in [0.15, 0.2) is 0 Å². The molecule has 0 heterocycles. The predicted molar refractivity (Wildman–Crippen MR) is 74.1 cm³/mol. The lowest BCUT2D eigenvalue weighted by Gasteiger charge is -2.26. The van der Waals surface area contributed by atoms with Crippen LogP contribution in [-0.2, 0) is 4.79 Å². The third kappa shape index (κ3) is 3.56. The largest absolute Gasteiger partial charge is 0.481 e. The summed E-state index contributed by atoms with van der Waals surface area (Å²) in [6.45, 7) is 4.74. The van der Waals surface area contributed by atoms with Gasteiger partial charge in [-0.2, -0.15) is 0 Å². The molecular formula is C15H19F2NO3. The van der Waals surface area contributed by atoms with E-state index in [1.54, 1.807) is 13.8 Å². The van der Waals surface area contributed by atoms with Gasteiger partial charge in [0.05, 0.1) is 11.0 Å². The Kier molecular flexibility index (Phi) is 5.41. The molecule has 4 nitrogen and oxygen atoms in total. The van der Waals surface area contributed by atoms with Crippen molar-refractivity contribution in [2.45, 2.75) is 33.6 Å². The van der Waals surface area contributed by atoms with Crippen molar-refractivity contribution in [2.75, 3.05) is 6.54 Å². The zero-order valence-electron chi connectivity index (χ0n) is 12.3. The van der Waals surface area contributed by atoms with Crippen LogP contribution < -0.4 is 5.32 Å². The first-order chi connectivity index (χ1) is 9.77. The first-order valence-electron chi connectivity index (χ1n) is 6.74. The Morgan fingerprint density at radius 2 is 1.76 bits per heavy atom. The molecule has 0 spiro atoms. The number of carboxylic acid groups (broad SMARTS) is 1. The van der Waals surface area contributed by atoms with Crippen molar-refractivity contribution < 1.29 is 23.5 Å². The van der Waals surface area contributed by atoms with Crippen molar-refractivity contribution in [1.82, 2.24) is 5.32 Å². The molecule has 0 aromatic heterocycles. The molecular weight excluding hydrogens is 280 g/mol. The minimum Gasteiger partial charge on any atom is -0.481 e. The van der Waals surface area contributed by atoms with Gasteiger partial charge in [0, 0.05) is 12.6 Å².